The third-order valence-electron chi connectivity index (χ3n) is 3.43. The van der Waals surface area contributed by atoms with Crippen molar-refractivity contribution in [1.82, 2.24) is 10.2 Å². The molecule has 0 spiro atoms. The summed E-state index contributed by atoms with van der Waals surface area (Å²) in [7, 11) is 1.61. The van der Waals surface area contributed by atoms with Gasteiger partial charge in [-0.25, -0.2) is 0 Å². The molecule has 1 aromatic carbocycles. The lowest BCUT2D eigenvalue weighted by Crippen LogP contribution is -2.44. The van der Waals surface area contributed by atoms with Crippen LogP contribution < -0.4 is 10.1 Å². The SMILES string of the molecule is CCCN(CCC)C(=O)C(=O)NC(C)c1ccc(OC)cc1. The van der Waals surface area contributed by atoms with Crippen molar-refractivity contribution in [3.63, 3.8) is 0 Å². The molecule has 0 fully saturated rings. The van der Waals surface area contributed by atoms with Crippen molar-refractivity contribution in [2.24, 2.45) is 0 Å². The first-order valence-corrected chi connectivity index (χ1v) is 7.77. The van der Waals surface area contributed by atoms with E-state index in [1.54, 1.807) is 12.0 Å². The van der Waals surface area contributed by atoms with E-state index in [9.17, 15) is 9.59 Å². The number of benzene rings is 1. The standard InChI is InChI=1S/C17H26N2O3/c1-5-11-19(12-6-2)17(21)16(20)18-13(3)14-7-9-15(22-4)10-8-14/h7-10,13H,5-6,11-12H2,1-4H3,(H,18,20). The largest absolute Gasteiger partial charge is 0.497 e. The second-order valence-corrected chi connectivity index (χ2v) is 5.26. The summed E-state index contributed by atoms with van der Waals surface area (Å²) in [5.74, 6) is -0.246. The molecule has 0 aliphatic heterocycles. The fourth-order valence-electron chi connectivity index (χ4n) is 2.23. The van der Waals surface area contributed by atoms with E-state index < -0.39 is 11.8 Å². The van der Waals surface area contributed by atoms with Crippen molar-refractivity contribution < 1.29 is 14.3 Å². The zero-order valence-corrected chi connectivity index (χ0v) is 13.9. The number of carbonyl (C=O) groups is 2. The first kappa shape index (κ1) is 18.0. The number of ether oxygens (including phenoxy) is 1. The van der Waals surface area contributed by atoms with Gasteiger partial charge in [0.05, 0.1) is 13.2 Å². The molecule has 0 aliphatic carbocycles. The lowest BCUT2D eigenvalue weighted by atomic mass is 10.1. The molecule has 0 saturated carbocycles. The van der Waals surface area contributed by atoms with Crippen LogP contribution in [0, 0.1) is 0 Å². The summed E-state index contributed by atoms with van der Waals surface area (Å²) in [6, 6.07) is 7.20. The Labute approximate surface area is 132 Å². The maximum Gasteiger partial charge on any atom is 0.311 e. The van der Waals surface area contributed by atoms with Crippen LogP contribution in [0.3, 0.4) is 0 Å². The summed E-state index contributed by atoms with van der Waals surface area (Å²) in [6.45, 7) is 7.06. The fraction of sp³-hybridized carbons (Fsp3) is 0.529. The number of nitrogens with zero attached hydrogens (tertiary/aromatic N) is 1. The Hall–Kier alpha value is -2.04. The smallest absolute Gasteiger partial charge is 0.311 e. The van der Waals surface area contributed by atoms with Gasteiger partial charge in [0.2, 0.25) is 0 Å². The van der Waals surface area contributed by atoms with Gasteiger partial charge in [-0.1, -0.05) is 26.0 Å². The minimum atomic E-state index is -0.551. The Kier molecular flexibility index (Phi) is 7.43. The van der Waals surface area contributed by atoms with Crippen LogP contribution in [0.1, 0.15) is 45.2 Å². The normalized spacial score (nSPS) is 11.6. The van der Waals surface area contributed by atoms with Gasteiger partial charge in [-0.2, -0.15) is 0 Å². The molecule has 1 aromatic rings. The van der Waals surface area contributed by atoms with E-state index in [2.05, 4.69) is 5.32 Å². The van der Waals surface area contributed by atoms with Crippen LogP contribution in [0.4, 0.5) is 0 Å². The van der Waals surface area contributed by atoms with Gasteiger partial charge in [0, 0.05) is 13.1 Å². The predicted octanol–water partition coefficient (Wildman–Crippen LogP) is 2.52. The summed E-state index contributed by atoms with van der Waals surface area (Å²) in [5, 5.41) is 2.76. The highest BCUT2D eigenvalue weighted by molar-refractivity contribution is 6.35. The minimum absolute atomic E-state index is 0.229. The summed E-state index contributed by atoms with van der Waals surface area (Å²) in [6.07, 6.45) is 1.68. The van der Waals surface area contributed by atoms with Crippen LogP contribution in [-0.4, -0.2) is 36.9 Å². The predicted molar refractivity (Wildman–Crippen MR) is 86.7 cm³/mol. The van der Waals surface area contributed by atoms with Crippen molar-refractivity contribution in [3.05, 3.63) is 29.8 Å². The first-order chi connectivity index (χ1) is 10.5. The Morgan fingerprint density at radius 2 is 1.68 bits per heavy atom. The molecule has 5 heteroatoms. The zero-order chi connectivity index (χ0) is 16.5. The van der Waals surface area contributed by atoms with E-state index in [0.717, 1.165) is 24.2 Å². The number of methoxy groups -OCH3 is 1. The van der Waals surface area contributed by atoms with Crippen molar-refractivity contribution in [1.29, 1.82) is 0 Å². The number of nitrogens with one attached hydrogen (secondary N) is 1. The summed E-state index contributed by atoms with van der Waals surface area (Å²) < 4.78 is 5.11. The molecule has 2 amide bonds. The van der Waals surface area contributed by atoms with Crippen LogP contribution in [0.5, 0.6) is 5.75 Å². The Morgan fingerprint density at radius 3 is 2.14 bits per heavy atom. The van der Waals surface area contributed by atoms with Crippen LogP contribution in [-0.2, 0) is 9.59 Å². The Bertz CT molecular complexity index is 479. The molecule has 0 heterocycles. The number of rotatable bonds is 7. The van der Waals surface area contributed by atoms with Crippen LogP contribution in [0.2, 0.25) is 0 Å². The minimum Gasteiger partial charge on any atom is -0.497 e. The van der Waals surface area contributed by atoms with E-state index in [4.69, 9.17) is 4.74 Å². The van der Waals surface area contributed by atoms with Gasteiger partial charge in [0.15, 0.2) is 0 Å². The van der Waals surface area contributed by atoms with E-state index in [1.807, 2.05) is 45.0 Å². The number of hydrogen-bond donors (Lipinski definition) is 1. The van der Waals surface area contributed by atoms with Gasteiger partial charge in [-0.3, -0.25) is 9.59 Å². The third-order valence-corrected chi connectivity index (χ3v) is 3.43. The molecule has 1 atom stereocenters. The highest BCUT2D eigenvalue weighted by Crippen LogP contribution is 2.17. The molecular formula is C17H26N2O3. The van der Waals surface area contributed by atoms with E-state index >= 15 is 0 Å². The highest BCUT2D eigenvalue weighted by Gasteiger charge is 2.22. The van der Waals surface area contributed by atoms with Crippen molar-refractivity contribution >= 4 is 11.8 Å². The monoisotopic (exact) mass is 306 g/mol. The van der Waals surface area contributed by atoms with Gasteiger partial charge in [0.25, 0.3) is 0 Å². The molecule has 0 saturated heterocycles. The molecule has 1 N–H and O–H groups in total. The van der Waals surface area contributed by atoms with Crippen LogP contribution >= 0.6 is 0 Å². The van der Waals surface area contributed by atoms with Crippen molar-refractivity contribution in [3.8, 4) is 5.75 Å². The average Bonchev–Trinajstić information content (AvgIpc) is 2.53. The van der Waals surface area contributed by atoms with Crippen molar-refractivity contribution in [2.75, 3.05) is 20.2 Å². The van der Waals surface area contributed by atoms with Crippen LogP contribution in [0.15, 0.2) is 24.3 Å². The molecule has 0 aromatic heterocycles. The van der Waals surface area contributed by atoms with Crippen molar-refractivity contribution in [2.45, 2.75) is 39.7 Å². The highest BCUT2D eigenvalue weighted by atomic mass is 16.5. The van der Waals surface area contributed by atoms with Crippen LogP contribution in [0.25, 0.3) is 0 Å². The molecule has 122 valence electrons. The van der Waals surface area contributed by atoms with Gasteiger partial charge in [-0.15, -0.1) is 0 Å². The summed E-state index contributed by atoms with van der Waals surface area (Å²) in [5.41, 5.74) is 0.930. The van der Waals surface area contributed by atoms with E-state index in [-0.39, 0.29) is 6.04 Å². The quantitative estimate of drug-likeness (QED) is 0.788. The van der Waals surface area contributed by atoms with Gasteiger partial charge in [-0.05, 0) is 37.5 Å². The second-order valence-electron chi connectivity index (χ2n) is 5.26. The van der Waals surface area contributed by atoms with Gasteiger partial charge < -0.3 is 15.0 Å². The average molecular weight is 306 g/mol. The van der Waals surface area contributed by atoms with Gasteiger partial charge in [0.1, 0.15) is 5.75 Å². The fourth-order valence-corrected chi connectivity index (χ4v) is 2.23. The van der Waals surface area contributed by atoms with E-state index in [0.29, 0.717) is 13.1 Å². The Balaban J connectivity index is 2.66. The third kappa shape index (κ3) is 5.06. The molecule has 5 nitrogen and oxygen atoms in total. The maximum absolute atomic E-state index is 12.2. The Morgan fingerprint density at radius 1 is 1.14 bits per heavy atom. The second kappa shape index (κ2) is 9.07. The molecule has 0 bridgehead atoms. The topological polar surface area (TPSA) is 58.6 Å². The molecule has 1 unspecified atom stereocenters. The lowest BCUT2D eigenvalue weighted by Gasteiger charge is -2.22. The first-order valence-electron chi connectivity index (χ1n) is 7.77. The summed E-state index contributed by atoms with van der Waals surface area (Å²) >= 11 is 0. The zero-order valence-electron chi connectivity index (χ0n) is 13.9. The number of carbonyl (C=O) groups excluding carboxylic acids is 2. The summed E-state index contributed by atoms with van der Waals surface area (Å²) in [4.78, 5) is 25.9. The molecule has 0 aliphatic rings. The number of amides is 2. The van der Waals surface area contributed by atoms with Gasteiger partial charge >= 0.3 is 11.8 Å². The maximum atomic E-state index is 12.2. The van der Waals surface area contributed by atoms with E-state index in [1.165, 1.54) is 0 Å². The molecule has 1 rings (SSSR count). The molecule has 0 radical (unpaired) electrons. The molecular weight excluding hydrogens is 280 g/mol. The molecule has 22 heavy (non-hydrogen) atoms. The lowest BCUT2D eigenvalue weighted by molar-refractivity contribution is -0.146. The number of hydrogen-bond acceptors (Lipinski definition) is 3.